The van der Waals surface area contributed by atoms with Gasteiger partial charge in [0.05, 0.1) is 0 Å². The summed E-state index contributed by atoms with van der Waals surface area (Å²) in [5, 5.41) is 17.9. The molecule has 1 heterocycles. The first kappa shape index (κ1) is 11.6. The number of likely N-dealkylation sites (tertiary alicyclic amines) is 1. The second-order valence-electron chi connectivity index (χ2n) is 3.65. The van der Waals surface area contributed by atoms with Crippen LogP contribution in [0.25, 0.3) is 0 Å². The predicted molar refractivity (Wildman–Crippen MR) is 53.7 cm³/mol. The van der Waals surface area contributed by atoms with E-state index >= 15 is 0 Å². The molecular formula is C10H15NO4. The number of carbonyl (C=O) groups is 2. The highest BCUT2D eigenvalue weighted by atomic mass is 16.4. The van der Waals surface area contributed by atoms with Gasteiger partial charge in [0.2, 0.25) is 0 Å². The maximum atomic E-state index is 11.0. The highest BCUT2D eigenvalue weighted by Crippen LogP contribution is 2.25. The van der Waals surface area contributed by atoms with Gasteiger partial charge in [-0.15, -0.1) is 6.58 Å². The summed E-state index contributed by atoms with van der Waals surface area (Å²) < 4.78 is 0. The third-order valence-electron chi connectivity index (χ3n) is 2.69. The van der Waals surface area contributed by atoms with Gasteiger partial charge in [-0.1, -0.05) is 6.08 Å². The van der Waals surface area contributed by atoms with Gasteiger partial charge in [0, 0.05) is 6.04 Å². The van der Waals surface area contributed by atoms with Crippen LogP contribution < -0.4 is 0 Å². The van der Waals surface area contributed by atoms with Crippen LogP contribution in [0.3, 0.4) is 0 Å². The number of hydrogen-bond acceptors (Lipinski definition) is 2. The lowest BCUT2D eigenvalue weighted by Gasteiger charge is -2.37. The number of aliphatic carboxylic acids is 1. The maximum Gasteiger partial charge on any atom is 0.408 e. The molecule has 2 atom stereocenters. The standard InChI is InChI=1S/C10H15NO4/c1-2-4-7-5-3-6-8(9(12)13)11(7)10(14)15/h2,7-8H,1,3-6H2,(H,12,13)(H,14,15). The van der Waals surface area contributed by atoms with Crippen molar-refractivity contribution in [2.45, 2.75) is 37.8 Å². The molecule has 1 amide bonds. The Hall–Kier alpha value is -1.52. The number of hydrogen-bond donors (Lipinski definition) is 2. The smallest absolute Gasteiger partial charge is 0.408 e. The van der Waals surface area contributed by atoms with Crippen LogP contribution in [0.1, 0.15) is 25.7 Å². The SMILES string of the molecule is C=CCC1CCCC(C(=O)O)N1C(=O)O. The molecule has 2 unspecified atom stereocenters. The van der Waals surface area contributed by atoms with Crippen LogP contribution in [-0.4, -0.2) is 39.3 Å². The molecule has 15 heavy (non-hydrogen) atoms. The van der Waals surface area contributed by atoms with Crippen LogP contribution in [0.5, 0.6) is 0 Å². The van der Waals surface area contributed by atoms with E-state index < -0.39 is 18.1 Å². The molecule has 1 fully saturated rings. The summed E-state index contributed by atoms with van der Waals surface area (Å²) in [6, 6.07) is -1.14. The van der Waals surface area contributed by atoms with Crippen LogP contribution in [-0.2, 0) is 4.79 Å². The van der Waals surface area contributed by atoms with Crippen LogP contribution in [0.2, 0.25) is 0 Å². The fraction of sp³-hybridized carbons (Fsp3) is 0.600. The van der Waals surface area contributed by atoms with Crippen molar-refractivity contribution in [2.75, 3.05) is 0 Å². The van der Waals surface area contributed by atoms with Gasteiger partial charge in [0.25, 0.3) is 0 Å². The van der Waals surface area contributed by atoms with Crippen LogP contribution in [0.4, 0.5) is 4.79 Å². The second kappa shape index (κ2) is 4.82. The Morgan fingerprint density at radius 2 is 2.07 bits per heavy atom. The minimum atomic E-state index is -1.16. The lowest BCUT2D eigenvalue weighted by molar-refractivity contribution is -0.144. The van der Waals surface area contributed by atoms with Crippen LogP contribution >= 0.6 is 0 Å². The second-order valence-corrected chi connectivity index (χ2v) is 3.65. The summed E-state index contributed by atoms with van der Waals surface area (Å²) in [6.45, 7) is 3.55. The first-order valence-electron chi connectivity index (χ1n) is 4.93. The molecule has 0 aromatic heterocycles. The molecular weight excluding hydrogens is 198 g/mol. The van der Waals surface area contributed by atoms with Gasteiger partial charge in [-0.25, -0.2) is 9.59 Å². The zero-order chi connectivity index (χ0) is 11.4. The topological polar surface area (TPSA) is 77.8 Å². The summed E-state index contributed by atoms with van der Waals surface area (Å²) in [5.74, 6) is -1.06. The Bertz CT molecular complexity index is 277. The molecule has 0 aliphatic carbocycles. The van der Waals surface area contributed by atoms with Crippen molar-refractivity contribution in [2.24, 2.45) is 0 Å². The molecule has 84 valence electrons. The summed E-state index contributed by atoms with van der Waals surface area (Å²) >= 11 is 0. The molecule has 2 N–H and O–H groups in total. The van der Waals surface area contributed by atoms with Gasteiger partial charge in [-0.05, 0) is 25.7 Å². The highest BCUT2D eigenvalue weighted by Gasteiger charge is 2.37. The molecule has 0 bridgehead atoms. The Morgan fingerprint density at radius 1 is 1.40 bits per heavy atom. The molecule has 1 rings (SSSR count). The van der Waals surface area contributed by atoms with Crippen LogP contribution in [0.15, 0.2) is 12.7 Å². The Kier molecular flexibility index (Phi) is 3.71. The zero-order valence-corrected chi connectivity index (χ0v) is 8.43. The molecule has 1 aliphatic heterocycles. The van der Waals surface area contributed by atoms with Crippen molar-refractivity contribution in [3.05, 3.63) is 12.7 Å². The monoisotopic (exact) mass is 213 g/mol. The van der Waals surface area contributed by atoms with E-state index in [1.807, 2.05) is 0 Å². The maximum absolute atomic E-state index is 11.0. The van der Waals surface area contributed by atoms with Gasteiger partial charge < -0.3 is 10.2 Å². The van der Waals surface area contributed by atoms with Crippen molar-refractivity contribution < 1.29 is 19.8 Å². The Morgan fingerprint density at radius 3 is 2.53 bits per heavy atom. The summed E-state index contributed by atoms with van der Waals surface area (Å²) in [7, 11) is 0. The Balaban J connectivity index is 2.84. The minimum Gasteiger partial charge on any atom is -0.480 e. The number of amides is 1. The Labute approximate surface area is 88.0 Å². The number of carboxylic acid groups (broad SMARTS) is 2. The van der Waals surface area contributed by atoms with E-state index in [9.17, 15) is 9.59 Å². The van der Waals surface area contributed by atoms with Gasteiger partial charge in [0.1, 0.15) is 6.04 Å². The molecule has 1 saturated heterocycles. The molecule has 0 aromatic rings. The molecule has 0 spiro atoms. The first-order chi connectivity index (χ1) is 7.07. The van der Waals surface area contributed by atoms with Gasteiger partial charge in [-0.2, -0.15) is 0 Å². The minimum absolute atomic E-state index is 0.241. The number of piperidine rings is 1. The van der Waals surface area contributed by atoms with Crippen LogP contribution in [0, 0.1) is 0 Å². The lowest BCUT2D eigenvalue weighted by Crippen LogP contribution is -2.52. The van der Waals surface area contributed by atoms with E-state index in [1.54, 1.807) is 6.08 Å². The third-order valence-corrected chi connectivity index (χ3v) is 2.69. The van der Waals surface area contributed by atoms with Gasteiger partial charge >= 0.3 is 12.1 Å². The molecule has 0 aromatic carbocycles. The quantitative estimate of drug-likeness (QED) is 0.697. The van der Waals surface area contributed by atoms with E-state index in [0.29, 0.717) is 19.3 Å². The zero-order valence-electron chi connectivity index (χ0n) is 8.43. The fourth-order valence-electron chi connectivity index (χ4n) is 2.04. The number of nitrogens with zero attached hydrogens (tertiary/aromatic N) is 1. The molecule has 5 nitrogen and oxygen atoms in total. The largest absolute Gasteiger partial charge is 0.480 e. The molecule has 0 radical (unpaired) electrons. The average Bonchev–Trinajstić information content (AvgIpc) is 2.17. The number of carboxylic acids is 1. The van der Waals surface area contributed by atoms with E-state index in [1.165, 1.54) is 0 Å². The number of rotatable bonds is 3. The highest BCUT2D eigenvalue weighted by molar-refractivity contribution is 5.79. The fourth-order valence-corrected chi connectivity index (χ4v) is 2.04. The first-order valence-corrected chi connectivity index (χ1v) is 4.93. The van der Waals surface area contributed by atoms with Gasteiger partial charge in [-0.3, -0.25) is 4.90 Å². The van der Waals surface area contributed by atoms with E-state index in [2.05, 4.69) is 6.58 Å². The van der Waals surface area contributed by atoms with E-state index in [-0.39, 0.29) is 6.04 Å². The molecule has 5 heteroatoms. The van der Waals surface area contributed by atoms with Crippen molar-refractivity contribution in [1.29, 1.82) is 0 Å². The van der Waals surface area contributed by atoms with E-state index in [0.717, 1.165) is 11.3 Å². The van der Waals surface area contributed by atoms with Crippen molar-refractivity contribution in [3.63, 3.8) is 0 Å². The summed E-state index contributed by atoms with van der Waals surface area (Å²) in [6.07, 6.45) is 2.84. The lowest BCUT2D eigenvalue weighted by atomic mass is 9.94. The molecule has 0 saturated carbocycles. The predicted octanol–water partition coefficient (Wildman–Crippen LogP) is 1.55. The van der Waals surface area contributed by atoms with Crippen molar-refractivity contribution >= 4 is 12.1 Å². The van der Waals surface area contributed by atoms with E-state index in [4.69, 9.17) is 10.2 Å². The molecule has 1 aliphatic rings. The normalized spacial score (nSPS) is 26.0. The third kappa shape index (κ3) is 2.49. The van der Waals surface area contributed by atoms with Gasteiger partial charge in [0.15, 0.2) is 0 Å². The van der Waals surface area contributed by atoms with Crippen molar-refractivity contribution in [1.82, 2.24) is 4.90 Å². The van der Waals surface area contributed by atoms with Crippen molar-refractivity contribution in [3.8, 4) is 0 Å². The summed E-state index contributed by atoms with van der Waals surface area (Å²) in [5.41, 5.74) is 0. The summed E-state index contributed by atoms with van der Waals surface area (Å²) in [4.78, 5) is 22.9. The average molecular weight is 213 g/mol.